The van der Waals surface area contributed by atoms with Crippen molar-refractivity contribution < 1.29 is 24.9 Å². The SMILES string of the molecule is CCC(CC)N[C@H](CO)Cc1ccccc1.O=C(O)C(=O)O. The van der Waals surface area contributed by atoms with E-state index in [1.165, 1.54) is 5.56 Å². The number of aliphatic hydroxyl groups is 1. The van der Waals surface area contributed by atoms with Crippen LogP contribution < -0.4 is 5.32 Å². The molecule has 0 aliphatic rings. The predicted molar refractivity (Wildman–Crippen MR) is 83.8 cm³/mol. The summed E-state index contributed by atoms with van der Waals surface area (Å²) in [5.74, 6) is -3.65. The quantitative estimate of drug-likeness (QED) is 0.569. The van der Waals surface area contributed by atoms with Crippen molar-refractivity contribution in [3.8, 4) is 0 Å². The molecule has 0 spiro atoms. The predicted octanol–water partition coefficient (Wildman–Crippen LogP) is 1.52. The molecule has 0 fully saturated rings. The fraction of sp³-hybridized carbons (Fsp3) is 0.500. The molecule has 0 aliphatic carbocycles. The Morgan fingerprint density at radius 2 is 1.50 bits per heavy atom. The van der Waals surface area contributed by atoms with Crippen molar-refractivity contribution in [1.82, 2.24) is 5.32 Å². The number of carboxylic acids is 2. The van der Waals surface area contributed by atoms with Gasteiger partial charge in [0.15, 0.2) is 0 Å². The number of carbonyl (C=O) groups is 2. The van der Waals surface area contributed by atoms with Crippen LogP contribution in [0.25, 0.3) is 0 Å². The molecule has 1 aromatic rings. The lowest BCUT2D eigenvalue weighted by atomic mass is 10.0. The Kier molecular flexibility index (Phi) is 10.7. The molecule has 0 aliphatic heterocycles. The summed E-state index contributed by atoms with van der Waals surface area (Å²) >= 11 is 0. The van der Waals surface area contributed by atoms with Crippen LogP contribution in [-0.2, 0) is 16.0 Å². The Labute approximate surface area is 130 Å². The Morgan fingerprint density at radius 1 is 1.00 bits per heavy atom. The first-order valence-electron chi connectivity index (χ1n) is 7.31. The highest BCUT2D eigenvalue weighted by molar-refractivity contribution is 6.27. The molecule has 0 bridgehead atoms. The van der Waals surface area contributed by atoms with Crippen LogP contribution >= 0.6 is 0 Å². The van der Waals surface area contributed by atoms with Gasteiger partial charge in [-0.1, -0.05) is 44.2 Å². The van der Waals surface area contributed by atoms with Crippen LogP contribution in [0.15, 0.2) is 30.3 Å². The normalized spacial score (nSPS) is 11.5. The van der Waals surface area contributed by atoms with Crippen LogP contribution in [0.4, 0.5) is 0 Å². The topological polar surface area (TPSA) is 107 Å². The summed E-state index contributed by atoms with van der Waals surface area (Å²) < 4.78 is 0. The second-order valence-electron chi connectivity index (χ2n) is 4.86. The van der Waals surface area contributed by atoms with Crippen LogP contribution in [0.3, 0.4) is 0 Å². The first kappa shape index (κ1) is 20.1. The number of aliphatic carboxylic acids is 2. The number of rotatable bonds is 7. The van der Waals surface area contributed by atoms with E-state index in [0.717, 1.165) is 19.3 Å². The van der Waals surface area contributed by atoms with Gasteiger partial charge in [0.05, 0.1) is 6.61 Å². The third-order valence-electron chi connectivity index (χ3n) is 3.19. The minimum absolute atomic E-state index is 0.173. The van der Waals surface area contributed by atoms with Gasteiger partial charge in [0, 0.05) is 12.1 Å². The minimum Gasteiger partial charge on any atom is -0.473 e. The van der Waals surface area contributed by atoms with E-state index < -0.39 is 11.9 Å². The summed E-state index contributed by atoms with van der Waals surface area (Å²) in [4.78, 5) is 18.2. The fourth-order valence-corrected chi connectivity index (χ4v) is 1.93. The third-order valence-corrected chi connectivity index (χ3v) is 3.19. The zero-order valence-electron chi connectivity index (χ0n) is 13.0. The van der Waals surface area contributed by atoms with Crippen molar-refractivity contribution in [2.24, 2.45) is 0 Å². The number of carboxylic acid groups (broad SMARTS) is 2. The standard InChI is InChI=1S/C14H23NO.C2H2O4/c1-3-13(4-2)15-14(11-16)10-12-8-6-5-7-9-12;3-1(4)2(5)6/h5-9,13-16H,3-4,10-11H2,1-2H3;(H,3,4)(H,5,6)/t14-;/m0./s1. The summed E-state index contributed by atoms with van der Waals surface area (Å²) in [6, 6.07) is 11.0. The largest absolute Gasteiger partial charge is 0.473 e. The van der Waals surface area contributed by atoms with Crippen LogP contribution in [0.1, 0.15) is 32.3 Å². The van der Waals surface area contributed by atoms with Crippen LogP contribution in [0.5, 0.6) is 0 Å². The van der Waals surface area contributed by atoms with Gasteiger partial charge in [0.1, 0.15) is 0 Å². The Morgan fingerprint density at radius 3 is 1.86 bits per heavy atom. The summed E-state index contributed by atoms with van der Waals surface area (Å²) in [6.45, 7) is 4.56. The second-order valence-corrected chi connectivity index (χ2v) is 4.86. The monoisotopic (exact) mass is 311 g/mol. The van der Waals surface area contributed by atoms with Gasteiger partial charge in [-0.15, -0.1) is 0 Å². The number of nitrogens with one attached hydrogen (secondary N) is 1. The van der Waals surface area contributed by atoms with Crippen molar-refractivity contribution in [2.45, 2.75) is 45.2 Å². The van der Waals surface area contributed by atoms with Crippen molar-refractivity contribution in [1.29, 1.82) is 0 Å². The third kappa shape index (κ3) is 9.10. The summed E-state index contributed by atoms with van der Waals surface area (Å²) in [7, 11) is 0. The van der Waals surface area contributed by atoms with Crippen molar-refractivity contribution in [3.05, 3.63) is 35.9 Å². The molecule has 0 heterocycles. The maximum atomic E-state index is 9.36. The Bertz CT molecular complexity index is 419. The lowest BCUT2D eigenvalue weighted by Gasteiger charge is -2.22. The summed E-state index contributed by atoms with van der Waals surface area (Å²) in [5.41, 5.74) is 1.28. The van der Waals surface area contributed by atoms with E-state index in [1.54, 1.807) is 0 Å². The molecular formula is C16H25NO5. The van der Waals surface area contributed by atoms with E-state index in [9.17, 15) is 5.11 Å². The lowest BCUT2D eigenvalue weighted by Crippen LogP contribution is -2.41. The van der Waals surface area contributed by atoms with Gasteiger partial charge in [-0.25, -0.2) is 9.59 Å². The van der Waals surface area contributed by atoms with Crippen molar-refractivity contribution in [3.63, 3.8) is 0 Å². The van der Waals surface area contributed by atoms with E-state index in [4.69, 9.17) is 19.8 Å². The lowest BCUT2D eigenvalue weighted by molar-refractivity contribution is -0.159. The molecule has 0 amide bonds. The van der Waals surface area contributed by atoms with Gasteiger partial charge >= 0.3 is 11.9 Å². The molecule has 1 atom stereocenters. The molecule has 22 heavy (non-hydrogen) atoms. The zero-order chi connectivity index (χ0) is 17.0. The highest BCUT2D eigenvalue weighted by Gasteiger charge is 2.12. The molecule has 0 radical (unpaired) electrons. The van der Waals surface area contributed by atoms with E-state index >= 15 is 0 Å². The fourth-order valence-electron chi connectivity index (χ4n) is 1.93. The zero-order valence-corrected chi connectivity index (χ0v) is 13.0. The molecule has 124 valence electrons. The van der Waals surface area contributed by atoms with Gasteiger partial charge in [-0.05, 0) is 24.8 Å². The van der Waals surface area contributed by atoms with Gasteiger partial charge in [0.25, 0.3) is 0 Å². The Hall–Kier alpha value is -1.92. The molecular weight excluding hydrogens is 286 g/mol. The summed E-state index contributed by atoms with van der Waals surface area (Å²) in [6.07, 6.45) is 3.12. The highest BCUT2D eigenvalue weighted by Crippen LogP contribution is 2.05. The molecule has 0 unspecified atom stereocenters. The van der Waals surface area contributed by atoms with Gasteiger partial charge in [0.2, 0.25) is 0 Å². The van der Waals surface area contributed by atoms with E-state index in [1.807, 2.05) is 18.2 Å². The Balaban J connectivity index is 0.000000626. The molecule has 1 aromatic carbocycles. The van der Waals surface area contributed by atoms with E-state index in [2.05, 4.69) is 31.3 Å². The molecule has 1 rings (SSSR count). The van der Waals surface area contributed by atoms with Crippen LogP contribution in [-0.4, -0.2) is 45.9 Å². The van der Waals surface area contributed by atoms with Crippen molar-refractivity contribution >= 4 is 11.9 Å². The summed E-state index contributed by atoms with van der Waals surface area (Å²) in [5, 5.41) is 27.6. The number of aliphatic hydroxyl groups excluding tert-OH is 1. The molecule has 6 nitrogen and oxygen atoms in total. The van der Waals surface area contributed by atoms with E-state index in [-0.39, 0.29) is 12.6 Å². The second kappa shape index (κ2) is 11.7. The van der Waals surface area contributed by atoms with Gasteiger partial charge in [-0.2, -0.15) is 0 Å². The molecule has 6 heteroatoms. The van der Waals surface area contributed by atoms with E-state index in [0.29, 0.717) is 6.04 Å². The van der Waals surface area contributed by atoms with Gasteiger partial charge < -0.3 is 20.6 Å². The average molecular weight is 311 g/mol. The maximum Gasteiger partial charge on any atom is 0.414 e. The van der Waals surface area contributed by atoms with Crippen LogP contribution in [0, 0.1) is 0 Å². The average Bonchev–Trinajstić information content (AvgIpc) is 2.52. The minimum atomic E-state index is -1.82. The first-order valence-corrected chi connectivity index (χ1v) is 7.31. The highest BCUT2D eigenvalue weighted by atomic mass is 16.4. The number of hydrogen-bond donors (Lipinski definition) is 4. The maximum absolute atomic E-state index is 9.36. The molecule has 0 saturated heterocycles. The molecule has 0 saturated carbocycles. The molecule has 0 aromatic heterocycles. The molecule has 4 N–H and O–H groups in total. The number of benzene rings is 1. The number of hydrogen-bond acceptors (Lipinski definition) is 4. The van der Waals surface area contributed by atoms with Gasteiger partial charge in [-0.3, -0.25) is 0 Å². The first-order chi connectivity index (χ1) is 10.4. The smallest absolute Gasteiger partial charge is 0.414 e. The van der Waals surface area contributed by atoms with Crippen molar-refractivity contribution in [2.75, 3.05) is 6.61 Å². The van der Waals surface area contributed by atoms with Crippen LogP contribution in [0.2, 0.25) is 0 Å².